The number of hydrogen-bond acceptors (Lipinski definition) is 7. The number of carbonyl (C=O) groups excluding carboxylic acids is 1. The number of rotatable bonds is 13. The minimum Gasteiger partial charge on any atom is -0.359 e. The van der Waals surface area contributed by atoms with Crippen molar-refractivity contribution in [2.45, 2.75) is 80.5 Å². The fraction of sp³-hybridized carbons (Fsp3) is 0.319. The third-order valence-electron chi connectivity index (χ3n) is 9.72. The van der Waals surface area contributed by atoms with Gasteiger partial charge in [0.25, 0.3) is 0 Å². The van der Waals surface area contributed by atoms with E-state index in [1.165, 1.54) is 15.3 Å². The Morgan fingerprint density at radius 1 is 1.04 bits per heavy atom. The number of allylic oxidation sites excluding steroid dienone is 2. The first-order chi connectivity index (χ1) is 26.6. The molecule has 5 rings (SSSR count). The van der Waals surface area contributed by atoms with Gasteiger partial charge in [-0.25, -0.2) is 4.99 Å². The van der Waals surface area contributed by atoms with Crippen LogP contribution < -0.4 is 5.32 Å². The minimum absolute atomic E-state index is 0.0233. The number of nitrogens with zero attached hydrogens (tertiary/aromatic N) is 4. The summed E-state index contributed by atoms with van der Waals surface area (Å²) in [5, 5.41) is 12.3. The summed E-state index contributed by atoms with van der Waals surface area (Å²) >= 11 is 8.10. The molecule has 3 atom stereocenters. The molecule has 1 amide bonds. The Hall–Kier alpha value is -4.89. The molecule has 7 nitrogen and oxygen atoms in total. The third kappa shape index (κ3) is 10.1. The molecule has 0 saturated carbocycles. The highest BCUT2D eigenvalue weighted by Gasteiger charge is 2.35. The van der Waals surface area contributed by atoms with Gasteiger partial charge in [0, 0.05) is 73.0 Å². The quantitative estimate of drug-likeness (QED) is 0.106. The largest absolute Gasteiger partial charge is 0.359 e. The second-order valence-electron chi connectivity index (χ2n) is 14.5. The van der Waals surface area contributed by atoms with Crippen LogP contribution in [0.5, 0.6) is 0 Å². The molecule has 0 bridgehead atoms. The zero-order chi connectivity index (χ0) is 41.3. The van der Waals surface area contributed by atoms with Crippen molar-refractivity contribution in [3.63, 3.8) is 0 Å². The third-order valence-corrected chi connectivity index (χ3v) is 11.1. The van der Waals surface area contributed by atoms with Crippen molar-refractivity contribution in [1.29, 1.82) is 0 Å². The number of nitrogens with one attached hydrogen (secondary N) is 1. The normalized spacial score (nSPS) is 17.5. The van der Waals surface area contributed by atoms with Crippen LogP contribution in [0.1, 0.15) is 90.6 Å². The van der Waals surface area contributed by atoms with Gasteiger partial charge < -0.3 is 15.0 Å². The molecule has 0 saturated heterocycles. The van der Waals surface area contributed by atoms with E-state index in [0.717, 1.165) is 56.2 Å². The van der Waals surface area contributed by atoms with Gasteiger partial charge in [-0.05, 0) is 83.7 Å². The molecular formula is C47H56ClN5O2S. The molecule has 1 N–H and O–H groups in total. The molecule has 294 valence electrons. The van der Waals surface area contributed by atoms with Crippen LogP contribution >= 0.6 is 22.9 Å². The Balaban J connectivity index is 0.00000225. The molecule has 3 aromatic rings. The molecule has 0 fully saturated rings. The molecule has 2 aliphatic rings. The smallest absolute Gasteiger partial charge is 0.219 e. The number of halogens is 1. The van der Waals surface area contributed by atoms with Crippen LogP contribution in [0, 0.1) is 26.2 Å². The van der Waals surface area contributed by atoms with E-state index in [1.807, 2.05) is 58.0 Å². The maximum atomic E-state index is 12.2. The highest BCUT2D eigenvalue weighted by Crippen LogP contribution is 2.47. The lowest BCUT2D eigenvalue weighted by molar-refractivity contribution is -0.120. The van der Waals surface area contributed by atoms with Gasteiger partial charge in [0.2, 0.25) is 5.91 Å². The van der Waals surface area contributed by atoms with Crippen LogP contribution in [0.25, 0.3) is 17.3 Å². The summed E-state index contributed by atoms with van der Waals surface area (Å²) in [4.78, 5) is 22.1. The minimum atomic E-state index is -0.742. The van der Waals surface area contributed by atoms with E-state index >= 15 is 0 Å². The average molecular weight is 791 g/mol. The van der Waals surface area contributed by atoms with E-state index in [9.17, 15) is 4.79 Å². The Morgan fingerprint density at radius 2 is 1.71 bits per heavy atom. The number of ether oxygens (including phenoxy) is 1. The topological polar surface area (TPSA) is 78.7 Å². The number of amides is 1. The summed E-state index contributed by atoms with van der Waals surface area (Å²) in [6.07, 6.45) is 10.4. The molecule has 1 aliphatic carbocycles. The lowest BCUT2D eigenvalue weighted by Crippen LogP contribution is -2.36. The average Bonchev–Trinajstić information content (AvgIpc) is 3.32. The van der Waals surface area contributed by atoms with Crippen LogP contribution in [0.2, 0.25) is 5.02 Å². The van der Waals surface area contributed by atoms with Crippen molar-refractivity contribution >= 4 is 63.3 Å². The highest BCUT2D eigenvalue weighted by molar-refractivity contribution is 7.12. The second-order valence-corrected chi connectivity index (χ2v) is 16.4. The maximum Gasteiger partial charge on any atom is 0.219 e. The zero-order valence-corrected chi connectivity index (χ0v) is 36.0. The molecule has 1 aromatic heterocycles. The predicted molar refractivity (Wildman–Crippen MR) is 242 cm³/mol. The summed E-state index contributed by atoms with van der Waals surface area (Å²) in [6, 6.07) is 13.9. The van der Waals surface area contributed by atoms with Crippen molar-refractivity contribution in [2.75, 3.05) is 13.7 Å². The Morgan fingerprint density at radius 3 is 2.30 bits per heavy atom. The predicted octanol–water partition coefficient (Wildman–Crippen LogP) is 11.6. The van der Waals surface area contributed by atoms with Gasteiger partial charge in [-0.3, -0.25) is 4.79 Å². The van der Waals surface area contributed by atoms with Crippen molar-refractivity contribution in [1.82, 2.24) is 10.2 Å². The summed E-state index contributed by atoms with van der Waals surface area (Å²) in [7, 11) is 1.65. The van der Waals surface area contributed by atoms with Gasteiger partial charge >= 0.3 is 0 Å². The molecular weight excluding hydrogens is 734 g/mol. The van der Waals surface area contributed by atoms with E-state index in [4.69, 9.17) is 21.3 Å². The molecule has 1 aliphatic heterocycles. The second kappa shape index (κ2) is 19.3. The van der Waals surface area contributed by atoms with E-state index in [0.29, 0.717) is 23.6 Å². The van der Waals surface area contributed by atoms with Gasteiger partial charge in [0.15, 0.2) is 6.23 Å². The molecule has 0 spiro atoms. The Bertz CT molecular complexity index is 2150. The first kappa shape index (κ1) is 43.8. The number of carbonyl (C=O) groups is 1. The zero-order valence-electron chi connectivity index (χ0n) is 34.4. The summed E-state index contributed by atoms with van der Waals surface area (Å²) < 4.78 is 6.86. The van der Waals surface area contributed by atoms with Crippen LogP contribution in [-0.4, -0.2) is 53.9 Å². The fourth-order valence-electron chi connectivity index (χ4n) is 6.76. The fourth-order valence-corrected chi connectivity index (χ4v) is 7.96. The summed E-state index contributed by atoms with van der Waals surface area (Å²) in [6.45, 7) is 33.1. The van der Waals surface area contributed by atoms with Crippen molar-refractivity contribution < 1.29 is 9.53 Å². The maximum absolute atomic E-state index is 12.2. The number of benzene rings is 2. The molecule has 2 heterocycles. The van der Waals surface area contributed by atoms with Gasteiger partial charge in [-0.1, -0.05) is 92.4 Å². The van der Waals surface area contributed by atoms with Gasteiger partial charge in [-0.15, -0.1) is 24.5 Å². The lowest BCUT2D eigenvalue weighted by atomic mass is 9.83. The molecule has 9 heteroatoms. The first-order valence-electron chi connectivity index (χ1n) is 18.8. The standard InChI is InChI=1S/C44H50ClN5O2S.C3H6/c1-12-36(20-21-39(51)46-11)50-29(6)37-15-13-14-33-22-23-44(10,24-38(30(50)7)41(33)37)25-52-43(28(5)49-48-26(2)3)47-42(34-16-18-35(45)19-17-34)40-27(4)31(8)53-32(40)9;1-3-2/h12-19,22-24,36,43H,1,6-7,20-21,25H2,2-5,8-11H3,(H,46,51);3H,1H2,2H3/b47-42-,49-28+;. The van der Waals surface area contributed by atoms with E-state index in [-0.39, 0.29) is 18.6 Å². The van der Waals surface area contributed by atoms with Gasteiger partial charge in [-0.2, -0.15) is 10.2 Å². The van der Waals surface area contributed by atoms with Gasteiger partial charge in [0.1, 0.15) is 0 Å². The van der Waals surface area contributed by atoms with Crippen molar-refractivity contribution in [2.24, 2.45) is 20.6 Å². The van der Waals surface area contributed by atoms with Gasteiger partial charge in [0.05, 0.1) is 24.1 Å². The number of thiophene rings is 1. The van der Waals surface area contributed by atoms with Crippen LogP contribution in [-0.2, 0) is 9.53 Å². The lowest BCUT2D eigenvalue weighted by Gasteiger charge is -2.41. The number of aryl methyl sites for hydroxylation is 2. The van der Waals surface area contributed by atoms with E-state index in [1.54, 1.807) is 24.5 Å². The van der Waals surface area contributed by atoms with Crippen LogP contribution in [0.3, 0.4) is 0 Å². The number of hydrogen-bond donors (Lipinski definition) is 1. The SMILES string of the molecule is C=CC.C=CC(CCC(=O)NC)N1C(=C)C2=CC(C)(COC(/N=C(/c3ccc(Cl)cc3)c3c(C)sc(C)c3C)/C(C)=N/N=C(C)C)C=Cc3cccc(c32)C1=C. The van der Waals surface area contributed by atoms with Crippen LogP contribution in [0.4, 0.5) is 0 Å². The summed E-state index contributed by atoms with van der Waals surface area (Å²) in [5.74, 6) is -0.0233. The van der Waals surface area contributed by atoms with E-state index < -0.39 is 11.6 Å². The molecule has 0 radical (unpaired) electrons. The number of aliphatic imine (C=N–C) groups is 1. The highest BCUT2D eigenvalue weighted by atomic mass is 35.5. The monoisotopic (exact) mass is 789 g/mol. The molecule has 3 unspecified atom stereocenters. The van der Waals surface area contributed by atoms with Crippen molar-refractivity contribution in [3.8, 4) is 0 Å². The van der Waals surface area contributed by atoms with E-state index in [2.05, 4.69) is 111 Å². The first-order valence-corrected chi connectivity index (χ1v) is 20.0. The summed E-state index contributed by atoms with van der Waals surface area (Å²) in [5.41, 5.74) is 10.7. The molecule has 2 aromatic carbocycles. The Labute approximate surface area is 343 Å². The van der Waals surface area contributed by atoms with Crippen LogP contribution in [0.15, 0.2) is 114 Å². The molecule has 56 heavy (non-hydrogen) atoms. The van der Waals surface area contributed by atoms with Crippen molar-refractivity contribution in [3.05, 3.63) is 147 Å². The Kier molecular flexibility index (Phi) is 15.1.